The van der Waals surface area contributed by atoms with E-state index in [2.05, 4.69) is 27.2 Å². The maximum atomic E-state index is 11.8. The molecular formula is C19H23ClN4O2. The van der Waals surface area contributed by atoms with Crippen molar-refractivity contribution in [2.45, 2.75) is 25.8 Å². The summed E-state index contributed by atoms with van der Waals surface area (Å²) >= 11 is 6.19. The average molecular weight is 375 g/mol. The third-order valence-electron chi connectivity index (χ3n) is 3.47. The Bertz CT molecular complexity index is 746. The van der Waals surface area contributed by atoms with E-state index in [1.165, 1.54) is 0 Å². The van der Waals surface area contributed by atoms with Gasteiger partial charge in [-0.3, -0.25) is 4.79 Å². The molecule has 1 fully saturated rings. The molecule has 138 valence electrons. The summed E-state index contributed by atoms with van der Waals surface area (Å²) in [4.78, 5) is 20.5. The summed E-state index contributed by atoms with van der Waals surface area (Å²) in [5, 5.41) is 15.0. The number of aliphatic hydroxyl groups is 1. The second-order valence-corrected chi connectivity index (χ2v) is 6.18. The van der Waals surface area contributed by atoms with Gasteiger partial charge in [0, 0.05) is 23.7 Å². The molecule has 1 aliphatic carbocycles. The number of benzene rings is 1. The van der Waals surface area contributed by atoms with Gasteiger partial charge in [0.1, 0.15) is 0 Å². The van der Waals surface area contributed by atoms with Crippen molar-refractivity contribution in [2.24, 2.45) is 0 Å². The van der Waals surface area contributed by atoms with Gasteiger partial charge in [-0.2, -0.15) is 0 Å². The Balaban J connectivity index is 0.000000758. The lowest BCUT2D eigenvalue weighted by Crippen LogP contribution is -2.26. The van der Waals surface area contributed by atoms with E-state index in [9.17, 15) is 4.79 Å². The Hall–Kier alpha value is -2.44. The predicted octanol–water partition coefficient (Wildman–Crippen LogP) is 3.29. The van der Waals surface area contributed by atoms with Gasteiger partial charge in [0.15, 0.2) is 0 Å². The molecule has 0 bridgehead atoms. The van der Waals surface area contributed by atoms with Crippen molar-refractivity contribution >= 4 is 23.5 Å². The van der Waals surface area contributed by atoms with Crippen LogP contribution in [0.1, 0.15) is 30.1 Å². The van der Waals surface area contributed by atoms with E-state index in [0.29, 0.717) is 28.3 Å². The van der Waals surface area contributed by atoms with Crippen molar-refractivity contribution < 1.29 is 9.90 Å². The number of halogens is 1. The first-order valence-electron chi connectivity index (χ1n) is 8.44. The van der Waals surface area contributed by atoms with Crippen molar-refractivity contribution in [2.75, 3.05) is 18.5 Å². The van der Waals surface area contributed by atoms with E-state index in [0.717, 1.165) is 18.4 Å². The van der Waals surface area contributed by atoms with Gasteiger partial charge in [-0.25, -0.2) is 9.97 Å². The fourth-order valence-corrected chi connectivity index (χ4v) is 2.30. The number of amides is 1. The molecule has 0 aliphatic heterocycles. The number of carbonyl (C=O) groups excluding carboxylic acids is 1. The molecule has 26 heavy (non-hydrogen) atoms. The molecule has 1 amide bonds. The van der Waals surface area contributed by atoms with Crippen LogP contribution >= 0.6 is 11.6 Å². The van der Waals surface area contributed by atoms with E-state index >= 15 is 0 Å². The molecular weight excluding hydrogens is 352 g/mol. The maximum Gasteiger partial charge on any atom is 0.251 e. The van der Waals surface area contributed by atoms with E-state index in [-0.39, 0.29) is 19.1 Å². The summed E-state index contributed by atoms with van der Waals surface area (Å²) in [7, 11) is 0. The van der Waals surface area contributed by atoms with Gasteiger partial charge >= 0.3 is 0 Å². The summed E-state index contributed by atoms with van der Waals surface area (Å²) in [5.74, 6) is 0.340. The number of hydrogen-bond donors (Lipinski definition) is 3. The van der Waals surface area contributed by atoms with Crippen molar-refractivity contribution in [3.63, 3.8) is 0 Å². The quantitative estimate of drug-likeness (QED) is 0.675. The van der Waals surface area contributed by atoms with E-state index in [1.807, 2.05) is 6.92 Å². The van der Waals surface area contributed by atoms with E-state index < -0.39 is 0 Å². The Morgan fingerprint density at radius 3 is 2.62 bits per heavy atom. The fraction of sp³-hybridized carbons (Fsp3) is 0.316. The molecule has 3 N–H and O–H groups in total. The first-order chi connectivity index (χ1) is 12.6. The lowest BCUT2D eigenvalue weighted by Gasteiger charge is -2.08. The second kappa shape index (κ2) is 9.89. The number of nitrogens with one attached hydrogen (secondary N) is 2. The van der Waals surface area contributed by atoms with Crippen molar-refractivity contribution in [3.8, 4) is 11.3 Å². The molecule has 0 spiro atoms. The lowest BCUT2D eigenvalue weighted by molar-refractivity contribution is 0.0945. The number of nitrogens with zero attached hydrogens (tertiary/aromatic N) is 2. The van der Waals surface area contributed by atoms with Gasteiger partial charge in [0.25, 0.3) is 5.91 Å². The van der Waals surface area contributed by atoms with Crippen LogP contribution in [-0.2, 0) is 0 Å². The number of allylic oxidation sites excluding steroid dienone is 1. The lowest BCUT2D eigenvalue weighted by atomic mass is 10.1. The SMILES string of the molecule is C=CC.O=C(NCCO)c1ccc(-c2nc(NC3CC3)ncc2Cl)cc1. The molecule has 0 unspecified atom stereocenters. The van der Waals surface area contributed by atoms with Crippen LogP contribution in [0.3, 0.4) is 0 Å². The molecule has 7 heteroatoms. The summed E-state index contributed by atoms with van der Waals surface area (Å²) < 4.78 is 0. The van der Waals surface area contributed by atoms with E-state index in [4.69, 9.17) is 16.7 Å². The molecule has 6 nitrogen and oxygen atoms in total. The highest BCUT2D eigenvalue weighted by molar-refractivity contribution is 6.32. The van der Waals surface area contributed by atoms with Crippen molar-refractivity contribution in [1.82, 2.24) is 15.3 Å². The average Bonchev–Trinajstić information content (AvgIpc) is 3.46. The molecule has 1 aromatic carbocycles. The summed E-state index contributed by atoms with van der Waals surface area (Å²) in [6.07, 6.45) is 5.61. The van der Waals surface area contributed by atoms with Gasteiger partial charge in [0.2, 0.25) is 5.95 Å². The number of hydrogen-bond acceptors (Lipinski definition) is 5. The fourth-order valence-electron chi connectivity index (χ4n) is 2.10. The van der Waals surface area contributed by atoms with Gasteiger partial charge in [-0.15, -0.1) is 6.58 Å². The minimum Gasteiger partial charge on any atom is -0.395 e. The summed E-state index contributed by atoms with van der Waals surface area (Å²) in [6, 6.07) is 7.45. The molecule has 1 heterocycles. The van der Waals surface area contributed by atoms with Crippen LogP contribution in [0.15, 0.2) is 43.1 Å². The van der Waals surface area contributed by atoms with Gasteiger partial charge < -0.3 is 15.7 Å². The smallest absolute Gasteiger partial charge is 0.251 e. The highest BCUT2D eigenvalue weighted by Gasteiger charge is 2.22. The highest BCUT2D eigenvalue weighted by Crippen LogP contribution is 2.28. The monoisotopic (exact) mass is 374 g/mol. The van der Waals surface area contributed by atoms with E-state index in [1.54, 1.807) is 36.5 Å². The molecule has 1 aromatic heterocycles. The predicted molar refractivity (Wildman–Crippen MR) is 104 cm³/mol. The number of aliphatic hydroxyl groups excluding tert-OH is 1. The zero-order valence-corrected chi connectivity index (χ0v) is 15.5. The third-order valence-corrected chi connectivity index (χ3v) is 3.75. The first kappa shape index (κ1) is 19.9. The number of aromatic nitrogens is 2. The van der Waals surface area contributed by atoms with Gasteiger partial charge in [-0.05, 0) is 31.9 Å². The number of rotatable bonds is 6. The van der Waals surface area contributed by atoms with Crippen LogP contribution in [0.4, 0.5) is 5.95 Å². The Morgan fingerprint density at radius 1 is 1.38 bits per heavy atom. The summed E-state index contributed by atoms with van der Waals surface area (Å²) in [5.41, 5.74) is 1.96. The van der Waals surface area contributed by atoms with Gasteiger partial charge in [0.05, 0.1) is 23.5 Å². The standard InChI is InChI=1S/C16H17ClN4O2.C3H6/c17-13-9-19-16(20-12-5-6-12)21-14(13)10-1-3-11(4-2-10)15(23)18-7-8-22;1-3-2/h1-4,9,12,22H,5-8H2,(H,18,23)(H,19,20,21);3H,1H2,2H3. The minimum atomic E-state index is -0.226. The Morgan fingerprint density at radius 2 is 2.04 bits per heavy atom. The Kier molecular flexibility index (Phi) is 7.56. The van der Waals surface area contributed by atoms with Crippen molar-refractivity contribution in [3.05, 3.63) is 53.7 Å². The van der Waals surface area contributed by atoms with Gasteiger partial charge in [-0.1, -0.05) is 29.8 Å². The van der Waals surface area contributed by atoms with Crippen LogP contribution in [0.2, 0.25) is 5.02 Å². The van der Waals surface area contributed by atoms with Crippen molar-refractivity contribution in [1.29, 1.82) is 0 Å². The normalized spacial score (nSPS) is 12.6. The minimum absolute atomic E-state index is 0.0862. The molecule has 1 aliphatic rings. The first-order valence-corrected chi connectivity index (χ1v) is 8.82. The topological polar surface area (TPSA) is 87.1 Å². The highest BCUT2D eigenvalue weighted by atomic mass is 35.5. The van der Waals surface area contributed by atoms with Crippen LogP contribution in [-0.4, -0.2) is 40.2 Å². The zero-order valence-electron chi connectivity index (χ0n) is 14.7. The second-order valence-electron chi connectivity index (χ2n) is 5.77. The van der Waals surface area contributed by atoms with Crippen LogP contribution in [0, 0.1) is 0 Å². The molecule has 3 rings (SSSR count). The largest absolute Gasteiger partial charge is 0.395 e. The van der Waals surface area contributed by atoms with Crippen LogP contribution in [0.25, 0.3) is 11.3 Å². The van der Waals surface area contributed by atoms with Crippen LogP contribution in [0.5, 0.6) is 0 Å². The van der Waals surface area contributed by atoms with Crippen LogP contribution < -0.4 is 10.6 Å². The maximum absolute atomic E-state index is 11.8. The molecule has 0 saturated heterocycles. The Labute approximate surface area is 158 Å². The number of anilines is 1. The molecule has 1 saturated carbocycles. The third kappa shape index (κ3) is 5.82. The zero-order chi connectivity index (χ0) is 18.9. The number of carbonyl (C=O) groups is 1. The summed E-state index contributed by atoms with van der Waals surface area (Å²) in [6.45, 7) is 5.39. The molecule has 2 aromatic rings. The molecule has 0 radical (unpaired) electrons. The molecule has 0 atom stereocenters.